The first-order valence-corrected chi connectivity index (χ1v) is 9.20. The Morgan fingerprint density at radius 3 is 2.57 bits per heavy atom. The van der Waals surface area contributed by atoms with Gasteiger partial charge in [-0.1, -0.05) is 12.1 Å². The molecule has 3 rings (SSSR count). The Labute approximate surface area is 173 Å². The lowest BCUT2D eigenvalue weighted by molar-refractivity contribution is -0.132. The molecule has 1 aromatic heterocycles. The lowest BCUT2D eigenvalue weighted by Gasteiger charge is -2.08. The van der Waals surface area contributed by atoms with Gasteiger partial charge in [0, 0.05) is 12.5 Å². The number of aromatic amines is 1. The van der Waals surface area contributed by atoms with Crippen LogP contribution in [-0.2, 0) is 4.79 Å². The number of carbonyl (C=O) groups is 2. The van der Waals surface area contributed by atoms with Crippen molar-refractivity contribution in [1.29, 1.82) is 0 Å². The number of esters is 1. The molecule has 0 radical (unpaired) electrons. The van der Waals surface area contributed by atoms with E-state index >= 15 is 0 Å². The van der Waals surface area contributed by atoms with E-state index in [-0.39, 0.29) is 0 Å². The number of nitrogens with one attached hydrogen (secondary N) is 2. The van der Waals surface area contributed by atoms with Gasteiger partial charge in [0.1, 0.15) is 5.69 Å². The first-order valence-electron chi connectivity index (χ1n) is 9.20. The van der Waals surface area contributed by atoms with E-state index in [2.05, 4.69) is 20.7 Å². The fourth-order valence-corrected chi connectivity index (χ4v) is 2.72. The Balaban J connectivity index is 1.67. The fourth-order valence-electron chi connectivity index (χ4n) is 2.72. The van der Waals surface area contributed by atoms with Crippen LogP contribution in [0.2, 0.25) is 0 Å². The number of amides is 1. The van der Waals surface area contributed by atoms with Gasteiger partial charge in [-0.05, 0) is 60.9 Å². The molecule has 3 aromatic rings. The summed E-state index contributed by atoms with van der Waals surface area (Å²) < 4.78 is 10.3. The van der Waals surface area contributed by atoms with Crippen LogP contribution in [0.1, 0.15) is 34.1 Å². The molecule has 8 nitrogen and oxygen atoms in total. The number of ether oxygens (including phenoxy) is 2. The molecule has 0 aliphatic carbocycles. The molecule has 30 heavy (non-hydrogen) atoms. The number of hydrogen-bond acceptors (Lipinski definition) is 6. The van der Waals surface area contributed by atoms with Crippen molar-refractivity contribution in [1.82, 2.24) is 15.6 Å². The minimum Gasteiger partial charge on any atom is -0.493 e. The molecule has 154 valence electrons. The summed E-state index contributed by atoms with van der Waals surface area (Å²) in [5, 5.41) is 10.9. The molecule has 0 atom stereocenters. The second-order valence-electron chi connectivity index (χ2n) is 6.67. The van der Waals surface area contributed by atoms with Crippen molar-refractivity contribution in [3.63, 3.8) is 0 Å². The Morgan fingerprint density at radius 1 is 1.07 bits per heavy atom. The summed E-state index contributed by atoms with van der Waals surface area (Å²) in [6.45, 7) is 5.38. The first kappa shape index (κ1) is 20.8. The molecule has 2 aromatic carbocycles. The molecular weight excluding hydrogens is 384 g/mol. The summed E-state index contributed by atoms with van der Waals surface area (Å²) in [5.74, 6) is -0.173. The molecule has 0 aliphatic heterocycles. The zero-order chi connectivity index (χ0) is 21.7. The van der Waals surface area contributed by atoms with Crippen LogP contribution in [-0.4, -0.2) is 35.4 Å². The van der Waals surface area contributed by atoms with E-state index < -0.39 is 11.9 Å². The number of hydrogen-bond donors (Lipinski definition) is 2. The van der Waals surface area contributed by atoms with Crippen molar-refractivity contribution in [2.24, 2.45) is 5.10 Å². The van der Waals surface area contributed by atoms with Gasteiger partial charge < -0.3 is 9.47 Å². The van der Waals surface area contributed by atoms with E-state index in [0.29, 0.717) is 28.5 Å². The van der Waals surface area contributed by atoms with Crippen molar-refractivity contribution >= 4 is 18.1 Å². The average Bonchev–Trinajstić information content (AvgIpc) is 3.21. The normalized spacial score (nSPS) is 10.8. The van der Waals surface area contributed by atoms with Gasteiger partial charge in [0.15, 0.2) is 11.5 Å². The molecule has 0 fully saturated rings. The monoisotopic (exact) mass is 406 g/mol. The Bertz CT molecular complexity index is 1120. The number of aromatic nitrogens is 2. The Hall–Kier alpha value is -3.94. The Morgan fingerprint density at radius 2 is 1.87 bits per heavy atom. The molecule has 0 bridgehead atoms. The van der Waals surface area contributed by atoms with Crippen LogP contribution in [0.5, 0.6) is 11.5 Å². The highest BCUT2D eigenvalue weighted by Gasteiger charge is 2.11. The number of carbonyl (C=O) groups excluding carboxylic acids is 2. The standard InChI is InChI=1S/C22H22N4O4/c1-13-5-7-17(9-14(13)2)18-11-19(25-24-18)22(28)26-23-12-16-6-8-20(30-15(3)27)21(10-16)29-4/h5-12H,1-4H3,(H,24,25)(H,26,28)/b23-12-. The molecule has 0 aliphatic rings. The van der Waals surface area contributed by atoms with E-state index in [0.717, 1.165) is 11.1 Å². The quantitative estimate of drug-likeness (QED) is 0.282. The topological polar surface area (TPSA) is 106 Å². The summed E-state index contributed by atoms with van der Waals surface area (Å²) in [6, 6.07) is 12.6. The lowest BCUT2D eigenvalue weighted by Crippen LogP contribution is -2.18. The number of H-pyrrole nitrogens is 1. The average molecular weight is 406 g/mol. The van der Waals surface area contributed by atoms with Gasteiger partial charge in [0.2, 0.25) is 0 Å². The smallest absolute Gasteiger partial charge is 0.308 e. The Kier molecular flexibility index (Phi) is 6.26. The predicted molar refractivity (Wildman–Crippen MR) is 113 cm³/mol. The molecule has 0 saturated carbocycles. The van der Waals surface area contributed by atoms with Crippen LogP contribution >= 0.6 is 0 Å². The molecule has 8 heteroatoms. The van der Waals surface area contributed by atoms with E-state index in [1.165, 1.54) is 25.8 Å². The van der Waals surface area contributed by atoms with E-state index in [1.54, 1.807) is 24.3 Å². The molecular formula is C22H22N4O4. The van der Waals surface area contributed by atoms with Crippen LogP contribution in [0.4, 0.5) is 0 Å². The highest BCUT2D eigenvalue weighted by molar-refractivity contribution is 5.94. The second-order valence-corrected chi connectivity index (χ2v) is 6.67. The zero-order valence-corrected chi connectivity index (χ0v) is 17.1. The minimum absolute atomic E-state index is 0.295. The van der Waals surface area contributed by atoms with E-state index in [9.17, 15) is 9.59 Å². The lowest BCUT2D eigenvalue weighted by atomic mass is 10.0. The molecule has 0 unspecified atom stereocenters. The number of methoxy groups -OCH3 is 1. The third-order valence-corrected chi connectivity index (χ3v) is 4.45. The van der Waals surface area contributed by atoms with Gasteiger partial charge in [-0.25, -0.2) is 5.43 Å². The van der Waals surface area contributed by atoms with Crippen molar-refractivity contribution in [3.8, 4) is 22.8 Å². The first-order chi connectivity index (χ1) is 14.4. The number of rotatable bonds is 6. The SMILES string of the molecule is COc1cc(/C=N\NC(=O)c2cc(-c3ccc(C)c(C)c3)n[nH]2)ccc1OC(C)=O. The number of nitrogens with zero attached hydrogens (tertiary/aromatic N) is 2. The summed E-state index contributed by atoms with van der Waals surface area (Å²) in [4.78, 5) is 23.4. The maximum Gasteiger partial charge on any atom is 0.308 e. The maximum atomic E-state index is 12.3. The number of benzene rings is 2. The molecule has 1 amide bonds. The maximum absolute atomic E-state index is 12.3. The third kappa shape index (κ3) is 4.91. The van der Waals surface area contributed by atoms with Gasteiger partial charge in [-0.3, -0.25) is 14.7 Å². The predicted octanol–water partition coefficient (Wildman–Crippen LogP) is 3.39. The highest BCUT2D eigenvalue weighted by Crippen LogP contribution is 2.27. The molecule has 1 heterocycles. The summed E-state index contributed by atoms with van der Waals surface area (Å²) >= 11 is 0. The summed E-state index contributed by atoms with van der Waals surface area (Å²) in [7, 11) is 1.47. The molecule has 0 saturated heterocycles. The van der Waals surface area contributed by atoms with Gasteiger partial charge in [0.25, 0.3) is 5.91 Å². The van der Waals surface area contributed by atoms with Crippen molar-refractivity contribution < 1.29 is 19.1 Å². The second kappa shape index (κ2) is 9.04. The molecule has 0 spiro atoms. The zero-order valence-electron chi connectivity index (χ0n) is 17.1. The van der Waals surface area contributed by atoms with Crippen molar-refractivity contribution in [2.45, 2.75) is 20.8 Å². The van der Waals surface area contributed by atoms with Crippen LogP contribution < -0.4 is 14.9 Å². The summed E-state index contributed by atoms with van der Waals surface area (Å²) in [6.07, 6.45) is 1.46. The highest BCUT2D eigenvalue weighted by atomic mass is 16.6. The van der Waals surface area contributed by atoms with Gasteiger partial charge in [0.05, 0.1) is 19.0 Å². The summed E-state index contributed by atoms with van der Waals surface area (Å²) in [5.41, 5.74) is 7.35. The minimum atomic E-state index is -0.443. The van der Waals surface area contributed by atoms with Crippen LogP contribution in [0.25, 0.3) is 11.3 Å². The van der Waals surface area contributed by atoms with E-state index in [1.807, 2.05) is 32.0 Å². The van der Waals surface area contributed by atoms with Crippen molar-refractivity contribution in [3.05, 3.63) is 64.8 Å². The number of aryl methyl sites for hydroxylation is 2. The van der Waals surface area contributed by atoms with Crippen LogP contribution in [0, 0.1) is 13.8 Å². The fraction of sp³-hybridized carbons (Fsp3) is 0.182. The molecule has 2 N–H and O–H groups in total. The van der Waals surface area contributed by atoms with Gasteiger partial charge in [-0.2, -0.15) is 10.2 Å². The van der Waals surface area contributed by atoms with Crippen LogP contribution in [0.3, 0.4) is 0 Å². The van der Waals surface area contributed by atoms with Crippen LogP contribution in [0.15, 0.2) is 47.6 Å². The van der Waals surface area contributed by atoms with Crippen molar-refractivity contribution in [2.75, 3.05) is 7.11 Å². The van der Waals surface area contributed by atoms with Gasteiger partial charge in [-0.15, -0.1) is 0 Å². The third-order valence-electron chi connectivity index (χ3n) is 4.45. The number of hydrazone groups is 1. The van der Waals surface area contributed by atoms with Gasteiger partial charge >= 0.3 is 5.97 Å². The van der Waals surface area contributed by atoms with E-state index in [4.69, 9.17) is 9.47 Å². The largest absolute Gasteiger partial charge is 0.493 e.